The summed E-state index contributed by atoms with van der Waals surface area (Å²) in [6, 6.07) is 1.07. The van der Waals surface area contributed by atoms with E-state index in [9.17, 15) is 4.79 Å². The molecule has 2 fully saturated rings. The van der Waals surface area contributed by atoms with Crippen LogP contribution < -0.4 is 5.56 Å². The summed E-state index contributed by atoms with van der Waals surface area (Å²) in [6.45, 7) is 2.52. The van der Waals surface area contributed by atoms with Crippen LogP contribution in [0.5, 0.6) is 0 Å². The minimum atomic E-state index is 0.226. The summed E-state index contributed by atoms with van der Waals surface area (Å²) in [5.74, 6) is 0. The highest BCUT2D eigenvalue weighted by atomic mass is 32.1. The molecule has 5 rings (SSSR count). The number of aryl methyl sites for hydroxylation is 1. The summed E-state index contributed by atoms with van der Waals surface area (Å²) in [5.41, 5.74) is 1.55. The topological polar surface area (TPSA) is 38.1 Å². The predicted octanol–water partition coefficient (Wildman–Crippen LogP) is 3.53. The van der Waals surface area contributed by atoms with Crippen molar-refractivity contribution in [1.82, 2.24) is 14.5 Å². The lowest BCUT2D eigenvalue weighted by Crippen LogP contribution is -2.37. The minimum Gasteiger partial charge on any atom is -0.300 e. The lowest BCUT2D eigenvalue weighted by atomic mass is 9.92. The van der Waals surface area contributed by atoms with Gasteiger partial charge in [-0.3, -0.25) is 9.36 Å². The highest BCUT2D eigenvalue weighted by Gasteiger charge is 2.30. The maximum absolute atomic E-state index is 13.1. The maximum Gasteiger partial charge on any atom is 0.262 e. The molecule has 1 unspecified atom stereocenters. The van der Waals surface area contributed by atoms with Gasteiger partial charge in [-0.2, -0.15) is 0 Å². The Labute approximate surface area is 146 Å². The van der Waals surface area contributed by atoms with Gasteiger partial charge in [0.05, 0.1) is 11.7 Å². The van der Waals surface area contributed by atoms with Gasteiger partial charge in [-0.1, -0.05) is 12.8 Å². The van der Waals surface area contributed by atoms with E-state index in [1.165, 1.54) is 55.6 Å². The molecule has 0 N–H and O–H groups in total. The van der Waals surface area contributed by atoms with Gasteiger partial charge < -0.3 is 4.90 Å². The molecule has 0 amide bonds. The summed E-state index contributed by atoms with van der Waals surface area (Å²) < 4.78 is 1.94. The first-order valence-electron chi connectivity index (χ1n) is 9.56. The quantitative estimate of drug-likeness (QED) is 0.837. The van der Waals surface area contributed by atoms with E-state index in [0.717, 1.165) is 35.9 Å². The number of aromatic nitrogens is 2. The molecule has 24 heavy (non-hydrogen) atoms. The van der Waals surface area contributed by atoms with Crippen LogP contribution in [0.4, 0.5) is 0 Å². The fourth-order valence-corrected chi connectivity index (χ4v) is 6.27. The number of likely N-dealkylation sites (tertiary alicyclic amines) is 1. The summed E-state index contributed by atoms with van der Waals surface area (Å²) in [6.07, 6.45) is 12.7. The fourth-order valence-electron chi connectivity index (χ4n) is 5.02. The Morgan fingerprint density at radius 1 is 1.04 bits per heavy atom. The van der Waals surface area contributed by atoms with Gasteiger partial charge in [-0.25, -0.2) is 4.98 Å². The van der Waals surface area contributed by atoms with Crippen molar-refractivity contribution in [1.29, 1.82) is 0 Å². The first-order valence-corrected chi connectivity index (χ1v) is 10.4. The molecule has 2 aromatic rings. The fraction of sp³-hybridized carbons (Fsp3) is 0.684. The second-order valence-corrected chi connectivity index (χ2v) is 8.80. The van der Waals surface area contributed by atoms with E-state index in [0.29, 0.717) is 12.1 Å². The third-order valence-electron chi connectivity index (χ3n) is 6.34. The molecule has 0 bridgehead atoms. The lowest BCUT2D eigenvalue weighted by Gasteiger charge is -2.30. The summed E-state index contributed by atoms with van der Waals surface area (Å²) in [4.78, 5) is 22.9. The van der Waals surface area contributed by atoms with Crippen LogP contribution in [0.15, 0.2) is 11.1 Å². The van der Waals surface area contributed by atoms with Gasteiger partial charge in [0, 0.05) is 17.0 Å². The monoisotopic (exact) mass is 343 g/mol. The third kappa shape index (κ3) is 2.36. The van der Waals surface area contributed by atoms with Crippen molar-refractivity contribution in [2.45, 2.75) is 69.9 Å². The maximum atomic E-state index is 13.1. The Balaban J connectivity index is 1.53. The third-order valence-corrected chi connectivity index (χ3v) is 7.51. The van der Waals surface area contributed by atoms with E-state index in [1.54, 1.807) is 11.3 Å². The molecule has 1 saturated carbocycles. The van der Waals surface area contributed by atoms with Crippen LogP contribution in [0, 0.1) is 0 Å². The Bertz CT molecular complexity index is 812. The van der Waals surface area contributed by atoms with E-state index in [1.807, 2.05) is 10.9 Å². The van der Waals surface area contributed by atoms with Crippen LogP contribution in [-0.2, 0) is 12.8 Å². The first kappa shape index (κ1) is 15.1. The molecule has 0 aromatic carbocycles. The molecule has 2 aromatic heterocycles. The Morgan fingerprint density at radius 3 is 2.62 bits per heavy atom. The SMILES string of the molecule is O=c1c2c3c(sc2ncn1C1CCCC1)CC(N1CCCC1)CC3. The lowest BCUT2D eigenvalue weighted by molar-refractivity contribution is 0.224. The zero-order chi connectivity index (χ0) is 16.1. The Kier molecular flexibility index (Phi) is 3.74. The normalized spacial score (nSPS) is 25.6. The number of rotatable bonds is 2. The Morgan fingerprint density at radius 2 is 1.83 bits per heavy atom. The van der Waals surface area contributed by atoms with E-state index >= 15 is 0 Å². The zero-order valence-corrected chi connectivity index (χ0v) is 15.0. The van der Waals surface area contributed by atoms with Crippen molar-refractivity contribution in [2.75, 3.05) is 13.1 Å². The van der Waals surface area contributed by atoms with Gasteiger partial charge >= 0.3 is 0 Å². The van der Waals surface area contributed by atoms with E-state index < -0.39 is 0 Å². The predicted molar refractivity (Wildman–Crippen MR) is 98.0 cm³/mol. The zero-order valence-electron chi connectivity index (χ0n) is 14.2. The van der Waals surface area contributed by atoms with E-state index in [-0.39, 0.29) is 5.56 Å². The molecule has 3 heterocycles. The van der Waals surface area contributed by atoms with Crippen molar-refractivity contribution >= 4 is 21.6 Å². The van der Waals surface area contributed by atoms with Gasteiger partial charge in [-0.05, 0) is 63.6 Å². The first-order chi connectivity index (χ1) is 11.8. The summed E-state index contributed by atoms with van der Waals surface area (Å²) in [7, 11) is 0. The largest absolute Gasteiger partial charge is 0.300 e. The van der Waals surface area contributed by atoms with Crippen LogP contribution in [0.25, 0.3) is 10.2 Å². The van der Waals surface area contributed by atoms with Gasteiger partial charge in [0.2, 0.25) is 0 Å². The van der Waals surface area contributed by atoms with Crippen LogP contribution in [-0.4, -0.2) is 33.6 Å². The van der Waals surface area contributed by atoms with Crippen LogP contribution in [0.2, 0.25) is 0 Å². The smallest absolute Gasteiger partial charge is 0.262 e. The standard InChI is InChI=1S/C19H25N3OS/c23-19-17-15-8-7-14(21-9-3-4-10-21)11-16(15)24-18(17)20-12-22(19)13-5-1-2-6-13/h12-14H,1-11H2. The molecular weight excluding hydrogens is 318 g/mol. The molecule has 1 saturated heterocycles. The number of fused-ring (bicyclic) bond motifs is 3. The van der Waals surface area contributed by atoms with Gasteiger partial charge in [0.15, 0.2) is 0 Å². The molecule has 3 aliphatic rings. The van der Waals surface area contributed by atoms with Crippen molar-refractivity contribution in [3.05, 3.63) is 27.1 Å². The molecule has 0 radical (unpaired) electrons. The highest BCUT2D eigenvalue weighted by molar-refractivity contribution is 7.18. The Hall–Kier alpha value is -1.20. The molecule has 0 spiro atoms. The number of thiophene rings is 1. The van der Waals surface area contributed by atoms with E-state index in [4.69, 9.17) is 0 Å². The molecule has 2 aliphatic carbocycles. The van der Waals surface area contributed by atoms with Crippen molar-refractivity contribution in [3.63, 3.8) is 0 Å². The average molecular weight is 343 g/mol. The molecule has 4 nitrogen and oxygen atoms in total. The molecular formula is C19H25N3OS. The molecule has 128 valence electrons. The van der Waals surface area contributed by atoms with Crippen LogP contribution >= 0.6 is 11.3 Å². The van der Waals surface area contributed by atoms with Gasteiger partial charge in [-0.15, -0.1) is 11.3 Å². The average Bonchev–Trinajstić information content (AvgIpc) is 3.34. The molecule has 1 aliphatic heterocycles. The second-order valence-electron chi connectivity index (χ2n) is 7.72. The summed E-state index contributed by atoms with van der Waals surface area (Å²) in [5, 5.41) is 0.948. The van der Waals surface area contributed by atoms with Crippen molar-refractivity contribution in [2.24, 2.45) is 0 Å². The molecule has 5 heteroatoms. The van der Waals surface area contributed by atoms with Crippen molar-refractivity contribution < 1.29 is 0 Å². The highest BCUT2D eigenvalue weighted by Crippen LogP contribution is 2.36. The second kappa shape index (κ2) is 5.95. The number of nitrogens with zero attached hydrogens (tertiary/aromatic N) is 3. The molecule has 1 atom stereocenters. The summed E-state index contributed by atoms with van der Waals surface area (Å²) >= 11 is 1.78. The van der Waals surface area contributed by atoms with E-state index in [2.05, 4.69) is 9.88 Å². The minimum absolute atomic E-state index is 0.226. The number of hydrogen-bond acceptors (Lipinski definition) is 4. The van der Waals surface area contributed by atoms with Gasteiger partial charge in [0.1, 0.15) is 4.83 Å². The van der Waals surface area contributed by atoms with Crippen LogP contribution in [0.1, 0.15) is 61.4 Å². The van der Waals surface area contributed by atoms with Gasteiger partial charge in [0.25, 0.3) is 5.56 Å². The van der Waals surface area contributed by atoms with Crippen molar-refractivity contribution in [3.8, 4) is 0 Å². The van der Waals surface area contributed by atoms with Crippen LogP contribution in [0.3, 0.4) is 0 Å². The number of hydrogen-bond donors (Lipinski definition) is 0.